The summed E-state index contributed by atoms with van der Waals surface area (Å²) in [6.45, 7) is 7.55. The number of rotatable bonds is 6. The number of carbonyl (C=O) groups is 1. The van der Waals surface area contributed by atoms with Crippen molar-refractivity contribution in [3.8, 4) is 0 Å². The highest BCUT2D eigenvalue weighted by Gasteiger charge is 2.37. The molecule has 2 fully saturated rings. The lowest BCUT2D eigenvalue weighted by molar-refractivity contribution is 0.0687. The summed E-state index contributed by atoms with van der Waals surface area (Å²) in [5, 5.41) is 9.45. The minimum absolute atomic E-state index is 0.387. The van der Waals surface area contributed by atoms with Gasteiger partial charge in [-0.3, -0.25) is 9.69 Å². The Balaban J connectivity index is 1.53. The maximum atomic E-state index is 12.9. The third kappa shape index (κ3) is 4.40. The summed E-state index contributed by atoms with van der Waals surface area (Å²) < 4.78 is 1.63. The van der Waals surface area contributed by atoms with E-state index >= 15 is 0 Å². The largest absolute Gasteiger partial charge is 0.476 e. The van der Waals surface area contributed by atoms with Crippen LogP contribution < -0.4 is 5.56 Å². The first-order valence-corrected chi connectivity index (χ1v) is 11.9. The van der Waals surface area contributed by atoms with Crippen LogP contribution in [0.15, 0.2) is 29.1 Å². The maximum Gasteiger partial charge on any atom is 0.360 e. The number of para-hydroxylation sites is 2. The average Bonchev–Trinajstić information content (AvgIpc) is 3.12. The summed E-state index contributed by atoms with van der Waals surface area (Å²) in [6, 6.07) is 8.99. The SMILES string of the molecule is CC(C)C1CCC(N2[C@H](CCn3c(=O)c(C(=O)O)nc4ccccc43)CC[C@@H]2C)CC1. The topological polar surface area (TPSA) is 75.4 Å². The van der Waals surface area contributed by atoms with E-state index in [2.05, 4.69) is 30.7 Å². The quantitative estimate of drug-likeness (QED) is 0.735. The summed E-state index contributed by atoms with van der Waals surface area (Å²) >= 11 is 0. The molecule has 6 heteroatoms. The summed E-state index contributed by atoms with van der Waals surface area (Å²) in [5.74, 6) is 0.356. The Hall–Kier alpha value is -2.21. The van der Waals surface area contributed by atoms with Crippen LogP contribution in [-0.4, -0.2) is 43.7 Å². The van der Waals surface area contributed by atoms with Crippen LogP contribution in [0.1, 0.15) is 76.2 Å². The number of nitrogens with zero attached hydrogens (tertiary/aromatic N) is 3. The second-order valence-electron chi connectivity index (χ2n) is 9.84. The molecular weight excluding hydrogens is 390 g/mol. The fourth-order valence-corrected chi connectivity index (χ4v) is 5.94. The van der Waals surface area contributed by atoms with Crippen LogP contribution in [0, 0.1) is 11.8 Å². The molecule has 4 rings (SSSR count). The van der Waals surface area contributed by atoms with Crippen molar-refractivity contribution in [3.63, 3.8) is 0 Å². The van der Waals surface area contributed by atoms with Crippen LogP contribution in [0.25, 0.3) is 11.0 Å². The molecule has 0 spiro atoms. The Morgan fingerprint density at radius 1 is 1.13 bits per heavy atom. The molecule has 2 heterocycles. The molecule has 2 atom stereocenters. The van der Waals surface area contributed by atoms with Crippen molar-refractivity contribution in [2.75, 3.05) is 0 Å². The number of carboxylic acid groups (broad SMARTS) is 1. The van der Waals surface area contributed by atoms with Crippen molar-refractivity contribution in [3.05, 3.63) is 40.3 Å². The van der Waals surface area contributed by atoms with E-state index in [1.807, 2.05) is 18.2 Å². The number of benzene rings is 1. The summed E-state index contributed by atoms with van der Waals surface area (Å²) in [5.41, 5.74) is 0.388. The standard InChI is InChI=1S/C25H35N3O3/c1-16(2)18-9-12-19(13-10-18)28-17(3)8-11-20(28)14-15-27-22-7-5-4-6-21(22)26-23(24(27)29)25(30)31/h4-7,16-20H,8-15H2,1-3H3,(H,30,31)/t17-,18?,19?,20-/m0/s1. The first kappa shape index (κ1) is 22.0. The van der Waals surface area contributed by atoms with Gasteiger partial charge in [-0.2, -0.15) is 0 Å². The summed E-state index contributed by atoms with van der Waals surface area (Å²) in [4.78, 5) is 31.3. The fraction of sp³-hybridized carbons (Fsp3) is 0.640. The Morgan fingerprint density at radius 2 is 1.84 bits per heavy atom. The van der Waals surface area contributed by atoms with Crippen molar-refractivity contribution in [2.24, 2.45) is 11.8 Å². The predicted octanol–water partition coefficient (Wildman–Crippen LogP) is 4.55. The van der Waals surface area contributed by atoms with Gasteiger partial charge in [-0.1, -0.05) is 26.0 Å². The second-order valence-corrected chi connectivity index (χ2v) is 9.84. The van der Waals surface area contributed by atoms with E-state index in [1.165, 1.54) is 32.1 Å². The molecule has 1 aromatic heterocycles. The van der Waals surface area contributed by atoms with Crippen LogP contribution in [0.2, 0.25) is 0 Å². The number of aromatic carboxylic acids is 1. The first-order valence-electron chi connectivity index (χ1n) is 11.9. The summed E-state index contributed by atoms with van der Waals surface area (Å²) in [7, 11) is 0. The zero-order valence-corrected chi connectivity index (χ0v) is 19.0. The van der Waals surface area contributed by atoms with Gasteiger partial charge in [0.15, 0.2) is 0 Å². The zero-order valence-electron chi connectivity index (χ0n) is 19.0. The predicted molar refractivity (Wildman–Crippen MR) is 122 cm³/mol. The van der Waals surface area contributed by atoms with Gasteiger partial charge in [-0.05, 0) is 75.8 Å². The minimum Gasteiger partial charge on any atom is -0.476 e. The third-order valence-corrected chi connectivity index (χ3v) is 7.70. The number of aryl methyl sites for hydroxylation is 1. The number of carboxylic acids is 1. The first-order chi connectivity index (χ1) is 14.9. The van der Waals surface area contributed by atoms with E-state index in [9.17, 15) is 14.7 Å². The Kier molecular flexibility index (Phi) is 6.47. The van der Waals surface area contributed by atoms with Crippen LogP contribution >= 0.6 is 0 Å². The molecule has 6 nitrogen and oxygen atoms in total. The van der Waals surface area contributed by atoms with E-state index in [0.29, 0.717) is 35.7 Å². The van der Waals surface area contributed by atoms with Crippen molar-refractivity contribution in [1.82, 2.24) is 14.5 Å². The molecule has 2 aliphatic rings. The molecule has 31 heavy (non-hydrogen) atoms. The van der Waals surface area contributed by atoms with Crippen molar-refractivity contribution in [2.45, 2.75) is 90.4 Å². The van der Waals surface area contributed by atoms with Crippen molar-refractivity contribution < 1.29 is 9.90 Å². The molecule has 0 bridgehead atoms. The molecule has 1 aromatic carbocycles. The molecule has 1 aliphatic heterocycles. The lowest BCUT2D eigenvalue weighted by Crippen LogP contribution is -2.45. The van der Waals surface area contributed by atoms with Gasteiger partial charge >= 0.3 is 5.97 Å². The smallest absolute Gasteiger partial charge is 0.360 e. The van der Waals surface area contributed by atoms with Crippen LogP contribution in [0.5, 0.6) is 0 Å². The molecule has 1 aliphatic carbocycles. The molecular formula is C25H35N3O3. The summed E-state index contributed by atoms with van der Waals surface area (Å²) in [6.07, 6.45) is 8.37. The van der Waals surface area contributed by atoms with Crippen LogP contribution in [0.4, 0.5) is 0 Å². The molecule has 168 valence electrons. The van der Waals surface area contributed by atoms with Crippen molar-refractivity contribution >= 4 is 17.0 Å². The van der Waals surface area contributed by atoms with Gasteiger partial charge < -0.3 is 9.67 Å². The van der Waals surface area contributed by atoms with Gasteiger partial charge in [0.25, 0.3) is 5.56 Å². The highest BCUT2D eigenvalue weighted by molar-refractivity contribution is 5.88. The Morgan fingerprint density at radius 3 is 2.52 bits per heavy atom. The van der Waals surface area contributed by atoms with Gasteiger partial charge in [-0.25, -0.2) is 9.78 Å². The molecule has 0 amide bonds. The van der Waals surface area contributed by atoms with Gasteiger partial charge in [-0.15, -0.1) is 0 Å². The van der Waals surface area contributed by atoms with Crippen LogP contribution in [0.3, 0.4) is 0 Å². The Labute approximate surface area is 184 Å². The lowest BCUT2D eigenvalue weighted by Gasteiger charge is -2.41. The maximum absolute atomic E-state index is 12.9. The van der Waals surface area contributed by atoms with E-state index in [1.54, 1.807) is 10.6 Å². The highest BCUT2D eigenvalue weighted by Crippen LogP contribution is 2.38. The number of fused-ring (bicyclic) bond motifs is 1. The minimum atomic E-state index is -1.26. The molecule has 2 aromatic rings. The number of likely N-dealkylation sites (tertiary alicyclic amines) is 1. The highest BCUT2D eigenvalue weighted by atomic mass is 16.4. The molecule has 1 saturated heterocycles. The lowest BCUT2D eigenvalue weighted by atomic mass is 9.79. The molecule has 0 radical (unpaired) electrons. The number of aromatic nitrogens is 2. The van der Waals surface area contributed by atoms with Gasteiger partial charge in [0.2, 0.25) is 5.69 Å². The zero-order chi connectivity index (χ0) is 22.1. The second kappa shape index (κ2) is 9.11. The normalized spacial score (nSPS) is 27.2. The molecule has 0 unspecified atom stereocenters. The number of hydrogen-bond acceptors (Lipinski definition) is 4. The van der Waals surface area contributed by atoms with Crippen LogP contribution in [-0.2, 0) is 6.54 Å². The van der Waals surface area contributed by atoms with Gasteiger partial charge in [0, 0.05) is 24.7 Å². The van der Waals surface area contributed by atoms with Crippen molar-refractivity contribution in [1.29, 1.82) is 0 Å². The van der Waals surface area contributed by atoms with E-state index in [0.717, 1.165) is 24.7 Å². The van der Waals surface area contributed by atoms with E-state index in [4.69, 9.17) is 0 Å². The average molecular weight is 426 g/mol. The Bertz CT molecular complexity index is 991. The van der Waals surface area contributed by atoms with Gasteiger partial charge in [0.1, 0.15) is 0 Å². The van der Waals surface area contributed by atoms with E-state index in [-0.39, 0.29) is 5.69 Å². The number of hydrogen-bond donors (Lipinski definition) is 1. The van der Waals surface area contributed by atoms with Gasteiger partial charge in [0.05, 0.1) is 11.0 Å². The van der Waals surface area contributed by atoms with E-state index < -0.39 is 11.5 Å². The fourth-order valence-electron chi connectivity index (χ4n) is 5.94. The molecule has 1 N–H and O–H groups in total. The molecule has 1 saturated carbocycles. The third-order valence-electron chi connectivity index (χ3n) is 7.70. The monoisotopic (exact) mass is 425 g/mol.